The van der Waals surface area contributed by atoms with Crippen molar-refractivity contribution in [3.05, 3.63) is 51.8 Å². The number of unbranched alkanes of at least 4 members (excludes halogenated alkanes) is 1. The number of rotatable bonds is 8. The lowest BCUT2D eigenvalue weighted by Crippen LogP contribution is -2.47. The molecule has 3 rings (SSSR count). The molecule has 3 heterocycles. The molecule has 6 nitrogen and oxygen atoms in total. The van der Waals surface area contributed by atoms with Crippen molar-refractivity contribution >= 4 is 5.82 Å². The van der Waals surface area contributed by atoms with E-state index in [2.05, 4.69) is 43.6 Å². The molecule has 0 aliphatic carbocycles. The van der Waals surface area contributed by atoms with E-state index in [1.54, 1.807) is 0 Å². The summed E-state index contributed by atoms with van der Waals surface area (Å²) in [6, 6.07) is 4.24. The van der Waals surface area contributed by atoms with Crippen molar-refractivity contribution in [3.63, 3.8) is 0 Å². The van der Waals surface area contributed by atoms with Crippen LogP contribution in [-0.4, -0.2) is 52.2 Å². The lowest BCUT2D eigenvalue weighted by Gasteiger charge is -2.36. The molecular formula is C25H36F3N5O. The van der Waals surface area contributed by atoms with Crippen molar-refractivity contribution in [2.45, 2.75) is 71.5 Å². The Labute approximate surface area is 199 Å². The summed E-state index contributed by atoms with van der Waals surface area (Å²) in [5.74, 6) is 1.87. The van der Waals surface area contributed by atoms with Gasteiger partial charge in [0.15, 0.2) is 0 Å². The summed E-state index contributed by atoms with van der Waals surface area (Å²) in [5, 5.41) is 0. The van der Waals surface area contributed by atoms with Crippen molar-refractivity contribution in [2.24, 2.45) is 0 Å². The Morgan fingerprint density at radius 2 is 1.68 bits per heavy atom. The molecule has 1 fully saturated rings. The Balaban J connectivity index is 1.51. The number of hydrogen-bond acceptors (Lipinski definition) is 5. The molecule has 0 spiro atoms. The molecule has 0 atom stereocenters. The Bertz CT molecular complexity index is 1000. The Morgan fingerprint density at radius 1 is 1.00 bits per heavy atom. The van der Waals surface area contributed by atoms with Crippen molar-refractivity contribution in [2.75, 3.05) is 37.6 Å². The maximum Gasteiger partial charge on any atom is 0.421 e. The molecule has 0 aromatic carbocycles. The van der Waals surface area contributed by atoms with Crippen LogP contribution in [0.1, 0.15) is 64.0 Å². The number of pyridine rings is 1. The van der Waals surface area contributed by atoms with Crippen molar-refractivity contribution in [1.82, 2.24) is 19.4 Å². The summed E-state index contributed by atoms with van der Waals surface area (Å²) >= 11 is 0. The molecule has 0 N–H and O–H groups in total. The number of alkyl halides is 3. The number of hydrogen-bond donors (Lipinski definition) is 0. The normalized spacial score (nSPS) is 15.7. The topological polar surface area (TPSA) is 54.3 Å². The van der Waals surface area contributed by atoms with Gasteiger partial charge >= 0.3 is 6.18 Å². The lowest BCUT2D eigenvalue weighted by molar-refractivity contribution is -0.139. The summed E-state index contributed by atoms with van der Waals surface area (Å²) in [4.78, 5) is 26.4. The second-order valence-electron chi connectivity index (χ2n) is 10.00. The smallest absolute Gasteiger partial charge is 0.354 e. The summed E-state index contributed by atoms with van der Waals surface area (Å²) in [5.41, 5.74) is -1.09. The van der Waals surface area contributed by atoms with Gasteiger partial charge in [0.05, 0.1) is 0 Å². The van der Waals surface area contributed by atoms with Crippen LogP contribution in [0.5, 0.6) is 0 Å². The van der Waals surface area contributed by atoms with Gasteiger partial charge in [-0.25, -0.2) is 9.97 Å². The molecule has 2 aromatic heterocycles. The molecule has 34 heavy (non-hydrogen) atoms. The van der Waals surface area contributed by atoms with Crippen LogP contribution in [0.4, 0.5) is 19.0 Å². The highest BCUT2D eigenvalue weighted by atomic mass is 19.4. The molecule has 0 bridgehead atoms. The molecule has 1 aliphatic heterocycles. The van der Waals surface area contributed by atoms with Gasteiger partial charge in [0.1, 0.15) is 17.2 Å². The monoisotopic (exact) mass is 479 g/mol. The van der Waals surface area contributed by atoms with Crippen LogP contribution in [0.3, 0.4) is 0 Å². The number of piperazine rings is 1. The van der Waals surface area contributed by atoms with E-state index in [-0.39, 0.29) is 5.41 Å². The van der Waals surface area contributed by atoms with Crippen LogP contribution in [0, 0.1) is 0 Å². The lowest BCUT2D eigenvalue weighted by atomic mass is 9.95. The van der Waals surface area contributed by atoms with E-state index >= 15 is 0 Å². The van der Waals surface area contributed by atoms with Crippen molar-refractivity contribution in [3.8, 4) is 0 Å². The zero-order chi connectivity index (χ0) is 24.9. The van der Waals surface area contributed by atoms with Crippen LogP contribution >= 0.6 is 0 Å². The minimum atomic E-state index is -4.62. The van der Waals surface area contributed by atoms with Crippen LogP contribution < -0.4 is 10.5 Å². The van der Waals surface area contributed by atoms with Crippen LogP contribution in [0.2, 0.25) is 0 Å². The SMILES string of the molecule is CCCc1cc(N2CCN(CCCCn3cccc(C(F)(F)F)c3=O)CC2)nc(C(C)(C)C)n1. The van der Waals surface area contributed by atoms with E-state index in [1.807, 2.05) is 0 Å². The quantitative estimate of drug-likeness (QED) is 0.522. The largest absolute Gasteiger partial charge is 0.421 e. The molecule has 1 saturated heterocycles. The van der Waals surface area contributed by atoms with Crippen LogP contribution in [0.15, 0.2) is 29.2 Å². The maximum atomic E-state index is 12.9. The number of aromatic nitrogens is 3. The van der Waals surface area contributed by atoms with Gasteiger partial charge < -0.3 is 9.47 Å². The molecule has 1 aliphatic rings. The number of halogens is 3. The van der Waals surface area contributed by atoms with Crippen LogP contribution in [0.25, 0.3) is 0 Å². The summed E-state index contributed by atoms with van der Waals surface area (Å²) in [6.45, 7) is 13.3. The van der Waals surface area contributed by atoms with Gasteiger partial charge in [-0.15, -0.1) is 0 Å². The maximum absolute atomic E-state index is 12.9. The van der Waals surface area contributed by atoms with Gasteiger partial charge in [-0.3, -0.25) is 9.69 Å². The van der Waals surface area contributed by atoms with E-state index in [0.29, 0.717) is 13.0 Å². The average Bonchev–Trinajstić information content (AvgIpc) is 2.77. The van der Waals surface area contributed by atoms with Gasteiger partial charge in [0.25, 0.3) is 5.56 Å². The van der Waals surface area contributed by atoms with E-state index in [4.69, 9.17) is 9.97 Å². The van der Waals surface area contributed by atoms with E-state index in [9.17, 15) is 18.0 Å². The first-order chi connectivity index (χ1) is 16.0. The van der Waals surface area contributed by atoms with Gasteiger partial charge in [-0.05, 0) is 37.9 Å². The third kappa shape index (κ3) is 6.81. The standard InChI is InChI=1S/C25H36F3N5O/c1-5-9-19-18-21(30-23(29-19)24(2,3)4)32-16-14-31(15-17-32)11-6-7-12-33-13-8-10-20(22(33)34)25(26,27)28/h8,10,13,18H,5-7,9,11-12,14-17H2,1-4H3. The van der Waals surface area contributed by atoms with E-state index in [0.717, 1.165) is 80.0 Å². The third-order valence-electron chi connectivity index (χ3n) is 6.09. The van der Waals surface area contributed by atoms with Gasteiger partial charge in [0.2, 0.25) is 0 Å². The molecule has 0 amide bonds. The Hall–Kier alpha value is -2.42. The van der Waals surface area contributed by atoms with E-state index < -0.39 is 17.3 Å². The highest BCUT2D eigenvalue weighted by Gasteiger charge is 2.34. The second-order valence-corrected chi connectivity index (χ2v) is 10.00. The van der Waals surface area contributed by atoms with Crippen molar-refractivity contribution < 1.29 is 13.2 Å². The summed E-state index contributed by atoms with van der Waals surface area (Å²) in [6.07, 6.45) is 0.271. The predicted molar refractivity (Wildman–Crippen MR) is 128 cm³/mol. The highest BCUT2D eigenvalue weighted by Crippen LogP contribution is 2.26. The fourth-order valence-electron chi connectivity index (χ4n) is 4.11. The first-order valence-electron chi connectivity index (χ1n) is 12.1. The van der Waals surface area contributed by atoms with Crippen molar-refractivity contribution in [1.29, 1.82) is 0 Å². The number of nitrogens with zero attached hydrogens (tertiary/aromatic N) is 5. The molecule has 188 valence electrons. The molecule has 0 radical (unpaired) electrons. The van der Waals surface area contributed by atoms with Gasteiger partial charge in [-0.1, -0.05) is 34.1 Å². The minimum Gasteiger partial charge on any atom is -0.354 e. The molecule has 9 heteroatoms. The predicted octanol–water partition coefficient (Wildman–Crippen LogP) is 4.51. The first-order valence-corrected chi connectivity index (χ1v) is 12.1. The molecule has 0 saturated carbocycles. The molecule has 2 aromatic rings. The summed E-state index contributed by atoms with van der Waals surface area (Å²) < 4.78 is 39.9. The van der Waals surface area contributed by atoms with Gasteiger partial charge in [-0.2, -0.15) is 13.2 Å². The third-order valence-corrected chi connectivity index (χ3v) is 6.09. The Kier molecular flexibility index (Phi) is 8.38. The minimum absolute atomic E-state index is 0.109. The first kappa shape index (κ1) is 26.2. The Morgan fingerprint density at radius 3 is 2.29 bits per heavy atom. The number of anilines is 1. The summed E-state index contributed by atoms with van der Waals surface area (Å²) in [7, 11) is 0. The van der Waals surface area contributed by atoms with E-state index in [1.165, 1.54) is 12.3 Å². The molecular weight excluding hydrogens is 443 g/mol. The zero-order valence-electron chi connectivity index (χ0n) is 20.7. The van der Waals surface area contributed by atoms with Crippen LogP contribution in [-0.2, 0) is 24.6 Å². The fourth-order valence-corrected chi connectivity index (χ4v) is 4.11. The average molecular weight is 480 g/mol. The molecule has 0 unspecified atom stereocenters. The highest BCUT2D eigenvalue weighted by molar-refractivity contribution is 5.41. The van der Waals surface area contributed by atoms with Gasteiger partial charge in [0, 0.05) is 56.1 Å². The second kappa shape index (κ2) is 10.9. The fraction of sp³-hybridized carbons (Fsp3) is 0.640. The number of aryl methyl sites for hydroxylation is 2. The zero-order valence-corrected chi connectivity index (χ0v) is 20.7.